The van der Waals surface area contributed by atoms with Crippen molar-refractivity contribution in [2.75, 3.05) is 5.32 Å². The molecule has 0 bridgehead atoms. The monoisotopic (exact) mass is 456 g/mol. The molecule has 0 amide bonds. The molecule has 150 valence electrons. The Kier molecular flexibility index (Phi) is 5.47. The number of anilines is 1. The number of ketones is 1. The zero-order chi connectivity index (χ0) is 21.3. The van der Waals surface area contributed by atoms with Crippen molar-refractivity contribution >= 4 is 50.4 Å². The van der Waals surface area contributed by atoms with Gasteiger partial charge in [0.1, 0.15) is 0 Å². The average Bonchev–Trinajstić information content (AvgIpc) is 2.74. The summed E-state index contributed by atoms with van der Waals surface area (Å²) in [5, 5.41) is 3.76. The lowest BCUT2D eigenvalue weighted by atomic mass is 9.92. The molecule has 4 rings (SSSR count). The second kappa shape index (κ2) is 8.07. The minimum atomic E-state index is -3.97. The van der Waals surface area contributed by atoms with E-state index in [9.17, 15) is 13.2 Å². The molecule has 1 N–H and O–H groups in total. The summed E-state index contributed by atoms with van der Waals surface area (Å²) < 4.78 is 29.6. The van der Waals surface area contributed by atoms with Gasteiger partial charge in [-0.3, -0.25) is 4.79 Å². The predicted molar refractivity (Wildman–Crippen MR) is 119 cm³/mol. The number of sulfonamides is 1. The van der Waals surface area contributed by atoms with Crippen LogP contribution in [-0.4, -0.2) is 19.9 Å². The van der Waals surface area contributed by atoms with Gasteiger partial charge < -0.3 is 5.32 Å². The molecule has 0 unspecified atom stereocenters. The van der Waals surface area contributed by atoms with Crippen molar-refractivity contribution in [3.05, 3.63) is 106 Å². The number of rotatable bonds is 4. The molecule has 3 aromatic rings. The van der Waals surface area contributed by atoms with Gasteiger partial charge in [-0.15, -0.1) is 0 Å². The van der Waals surface area contributed by atoms with Gasteiger partial charge in [0.2, 0.25) is 5.78 Å². The van der Waals surface area contributed by atoms with Gasteiger partial charge in [0.25, 0.3) is 10.0 Å². The Hall–Kier alpha value is -2.93. The molecule has 3 aromatic carbocycles. The lowest BCUT2D eigenvalue weighted by molar-refractivity contribution is 0.103. The molecule has 0 aromatic heterocycles. The van der Waals surface area contributed by atoms with Crippen LogP contribution in [0.15, 0.2) is 93.9 Å². The highest BCUT2D eigenvalue weighted by molar-refractivity contribution is 7.90. The van der Waals surface area contributed by atoms with Crippen LogP contribution in [0, 0.1) is 0 Å². The van der Waals surface area contributed by atoms with Gasteiger partial charge in [-0.2, -0.15) is 12.8 Å². The summed E-state index contributed by atoms with van der Waals surface area (Å²) in [6, 6.07) is 19.4. The number of nitrogens with one attached hydrogen (secondary N) is 1. The molecule has 5 nitrogen and oxygen atoms in total. The zero-order valence-corrected chi connectivity index (χ0v) is 17.7. The van der Waals surface area contributed by atoms with Crippen LogP contribution in [0.4, 0.5) is 5.69 Å². The standard InChI is InChI=1S/C22H14Cl2N2O3S/c23-14-10-11-18(24)20(12-14)25-21-13-19(16-8-4-5-9-17(16)22(21)27)26-30(28,29)15-6-2-1-3-7-15/h1-13,25H. The van der Waals surface area contributed by atoms with Gasteiger partial charge in [-0.1, -0.05) is 65.7 Å². The van der Waals surface area contributed by atoms with E-state index in [0.717, 1.165) is 0 Å². The Morgan fingerprint density at radius 3 is 2.23 bits per heavy atom. The SMILES string of the molecule is O=C1C(Nc2cc(Cl)ccc2Cl)=CC(=NS(=O)(=O)c2ccccc2)c2ccccc21. The van der Waals surface area contributed by atoms with E-state index in [1.54, 1.807) is 60.7 Å². The number of fused-ring (bicyclic) bond motifs is 1. The van der Waals surface area contributed by atoms with Crippen LogP contribution in [0.2, 0.25) is 10.0 Å². The van der Waals surface area contributed by atoms with Crippen molar-refractivity contribution in [2.45, 2.75) is 4.90 Å². The summed E-state index contributed by atoms with van der Waals surface area (Å²) >= 11 is 12.2. The number of hydrogen-bond acceptors (Lipinski definition) is 4. The van der Waals surface area contributed by atoms with E-state index >= 15 is 0 Å². The maximum atomic E-state index is 13.0. The molecule has 0 heterocycles. The molecule has 0 saturated heterocycles. The zero-order valence-electron chi connectivity index (χ0n) is 15.3. The summed E-state index contributed by atoms with van der Waals surface area (Å²) in [4.78, 5) is 13.0. The number of Topliss-reactive ketones (excluding diaryl/α,β-unsaturated/α-hetero) is 1. The van der Waals surface area contributed by atoms with E-state index in [-0.39, 0.29) is 22.1 Å². The van der Waals surface area contributed by atoms with Crippen molar-refractivity contribution in [1.82, 2.24) is 0 Å². The quantitative estimate of drug-likeness (QED) is 0.572. The number of halogens is 2. The lowest BCUT2D eigenvalue weighted by Crippen LogP contribution is -2.22. The van der Waals surface area contributed by atoms with Crippen molar-refractivity contribution in [1.29, 1.82) is 0 Å². The van der Waals surface area contributed by atoms with E-state index < -0.39 is 10.0 Å². The van der Waals surface area contributed by atoms with E-state index in [4.69, 9.17) is 23.2 Å². The van der Waals surface area contributed by atoms with Gasteiger partial charge in [0.15, 0.2) is 0 Å². The van der Waals surface area contributed by atoms with Crippen LogP contribution in [0.1, 0.15) is 15.9 Å². The Morgan fingerprint density at radius 1 is 0.833 bits per heavy atom. The molecule has 0 aliphatic heterocycles. The maximum absolute atomic E-state index is 13.0. The Labute approximate surface area is 183 Å². The van der Waals surface area contributed by atoms with Crippen molar-refractivity contribution in [2.24, 2.45) is 4.40 Å². The second-order valence-corrected chi connectivity index (χ2v) is 8.89. The molecule has 30 heavy (non-hydrogen) atoms. The minimum absolute atomic E-state index is 0.0627. The molecule has 0 radical (unpaired) electrons. The number of allylic oxidation sites excluding steroid dienone is 2. The van der Waals surface area contributed by atoms with Crippen LogP contribution in [-0.2, 0) is 10.0 Å². The van der Waals surface area contributed by atoms with Gasteiger partial charge >= 0.3 is 0 Å². The van der Waals surface area contributed by atoms with E-state index in [2.05, 4.69) is 9.71 Å². The summed E-state index contributed by atoms with van der Waals surface area (Å²) in [5.41, 5.74) is 1.48. The Morgan fingerprint density at radius 2 is 1.50 bits per heavy atom. The van der Waals surface area contributed by atoms with Crippen LogP contribution in [0.5, 0.6) is 0 Å². The normalized spacial score (nSPS) is 14.9. The van der Waals surface area contributed by atoms with E-state index in [0.29, 0.717) is 26.9 Å². The predicted octanol–water partition coefficient (Wildman–Crippen LogP) is 5.36. The molecule has 0 fully saturated rings. The van der Waals surface area contributed by atoms with Gasteiger partial charge in [-0.05, 0) is 36.4 Å². The smallest absolute Gasteiger partial charge is 0.282 e. The lowest BCUT2D eigenvalue weighted by Gasteiger charge is -2.19. The Balaban J connectivity index is 1.84. The molecule has 1 aliphatic carbocycles. The number of carbonyl (C=O) groups excluding carboxylic acids is 1. The fraction of sp³-hybridized carbons (Fsp3) is 0. The largest absolute Gasteiger partial charge is 0.351 e. The highest BCUT2D eigenvalue weighted by Gasteiger charge is 2.26. The van der Waals surface area contributed by atoms with Crippen LogP contribution in [0.3, 0.4) is 0 Å². The summed E-state index contributed by atoms with van der Waals surface area (Å²) in [6.45, 7) is 0. The fourth-order valence-corrected chi connectivity index (χ4v) is 4.36. The molecule has 0 saturated carbocycles. The fourth-order valence-electron chi connectivity index (χ4n) is 3.01. The molecule has 1 aliphatic rings. The highest BCUT2D eigenvalue weighted by Crippen LogP contribution is 2.30. The van der Waals surface area contributed by atoms with Gasteiger partial charge in [-0.25, -0.2) is 0 Å². The first-order valence-corrected chi connectivity index (χ1v) is 11.0. The third kappa shape index (κ3) is 4.03. The van der Waals surface area contributed by atoms with E-state index in [1.165, 1.54) is 18.2 Å². The number of carbonyl (C=O) groups is 1. The second-order valence-electron chi connectivity index (χ2n) is 6.45. The molecule has 0 spiro atoms. The van der Waals surface area contributed by atoms with Crippen LogP contribution < -0.4 is 5.32 Å². The number of benzene rings is 3. The molecule has 0 atom stereocenters. The summed E-state index contributed by atoms with van der Waals surface area (Å²) in [5.74, 6) is -0.308. The first kappa shape index (κ1) is 20.3. The Bertz CT molecular complexity index is 1320. The molecular weight excluding hydrogens is 443 g/mol. The van der Waals surface area contributed by atoms with Crippen molar-refractivity contribution < 1.29 is 13.2 Å². The third-order valence-corrected chi connectivity index (χ3v) is 6.30. The summed E-state index contributed by atoms with van der Waals surface area (Å²) in [7, 11) is -3.97. The van der Waals surface area contributed by atoms with Gasteiger partial charge in [0.05, 0.1) is 27.0 Å². The van der Waals surface area contributed by atoms with Gasteiger partial charge in [0, 0.05) is 16.1 Å². The number of hydrogen-bond donors (Lipinski definition) is 1. The third-order valence-electron chi connectivity index (χ3n) is 4.43. The topological polar surface area (TPSA) is 75.6 Å². The van der Waals surface area contributed by atoms with Crippen LogP contribution in [0.25, 0.3) is 0 Å². The maximum Gasteiger partial charge on any atom is 0.282 e. The summed E-state index contributed by atoms with van der Waals surface area (Å²) in [6.07, 6.45) is 1.41. The number of nitrogens with zero attached hydrogens (tertiary/aromatic N) is 1. The van der Waals surface area contributed by atoms with E-state index in [1.807, 2.05) is 0 Å². The van der Waals surface area contributed by atoms with Crippen molar-refractivity contribution in [3.8, 4) is 0 Å². The average molecular weight is 457 g/mol. The highest BCUT2D eigenvalue weighted by atomic mass is 35.5. The minimum Gasteiger partial charge on any atom is -0.351 e. The molecular formula is C22H14Cl2N2O3S. The van der Waals surface area contributed by atoms with Crippen LogP contribution >= 0.6 is 23.2 Å². The first-order chi connectivity index (χ1) is 14.3. The first-order valence-electron chi connectivity index (χ1n) is 8.83. The van der Waals surface area contributed by atoms with Crippen molar-refractivity contribution in [3.63, 3.8) is 0 Å². The molecule has 8 heteroatoms.